The quantitative estimate of drug-likeness (QED) is 0.789. The Hall–Kier alpha value is -1.36. The minimum atomic E-state index is 0.474. The Labute approximate surface area is 115 Å². The third-order valence-electron chi connectivity index (χ3n) is 3.50. The Bertz CT molecular complexity index is 414. The van der Waals surface area contributed by atoms with E-state index in [0.29, 0.717) is 12.0 Å². The van der Waals surface area contributed by atoms with E-state index in [0.717, 1.165) is 30.5 Å². The second-order valence-electron chi connectivity index (χ2n) is 5.49. The summed E-state index contributed by atoms with van der Waals surface area (Å²) in [6.45, 7) is 6.05. The van der Waals surface area contributed by atoms with E-state index in [1.807, 2.05) is 6.07 Å². The molecule has 2 N–H and O–H groups in total. The van der Waals surface area contributed by atoms with Crippen molar-refractivity contribution in [1.82, 2.24) is 14.9 Å². The van der Waals surface area contributed by atoms with Crippen molar-refractivity contribution in [2.75, 3.05) is 37.8 Å². The van der Waals surface area contributed by atoms with Crippen molar-refractivity contribution in [1.29, 1.82) is 0 Å². The lowest BCUT2D eigenvalue weighted by Gasteiger charge is -2.20. The van der Waals surface area contributed by atoms with Crippen LogP contribution in [-0.2, 0) is 0 Å². The molecule has 1 unspecified atom stereocenters. The zero-order chi connectivity index (χ0) is 13.8. The second-order valence-corrected chi connectivity index (χ2v) is 5.49. The van der Waals surface area contributed by atoms with Crippen LogP contribution in [-0.4, -0.2) is 48.1 Å². The van der Waals surface area contributed by atoms with Gasteiger partial charge >= 0.3 is 0 Å². The molecule has 1 aliphatic rings. The summed E-state index contributed by atoms with van der Waals surface area (Å²) < 4.78 is 0. The molecule has 1 saturated carbocycles. The van der Waals surface area contributed by atoms with Crippen molar-refractivity contribution in [3.05, 3.63) is 11.9 Å². The molecular formula is C14H25N5. The van der Waals surface area contributed by atoms with Crippen molar-refractivity contribution >= 4 is 11.6 Å². The lowest BCUT2D eigenvalue weighted by atomic mass is 10.3. The average Bonchev–Trinajstić information content (AvgIpc) is 3.20. The molecule has 1 heterocycles. The number of nitrogens with zero attached hydrogens (tertiary/aromatic N) is 3. The lowest BCUT2D eigenvalue weighted by molar-refractivity contribution is 0.326. The minimum Gasteiger partial charge on any atom is -0.370 e. The first-order valence-electron chi connectivity index (χ1n) is 7.13. The number of likely N-dealkylation sites (N-methyl/N-ethyl adjacent to an activating group) is 1. The SMILES string of the molecule is CCNc1cc(NCC(C)N(C)C)nc(C2CC2)n1. The van der Waals surface area contributed by atoms with Crippen LogP contribution in [0.3, 0.4) is 0 Å². The standard InChI is InChI=1S/C14H25N5/c1-5-15-12-8-13(16-9-10(2)19(3)4)18-14(17-12)11-6-7-11/h8,10-11H,5-7,9H2,1-4H3,(H2,15,16,17,18). The van der Waals surface area contributed by atoms with Crippen LogP contribution in [0.2, 0.25) is 0 Å². The fraction of sp³-hybridized carbons (Fsp3) is 0.714. The molecule has 0 bridgehead atoms. The summed E-state index contributed by atoms with van der Waals surface area (Å²) in [6.07, 6.45) is 2.45. The van der Waals surface area contributed by atoms with Crippen molar-refractivity contribution < 1.29 is 0 Å². The van der Waals surface area contributed by atoms with Gasteiger partial charge in [0.2, 0.25) is 0 Å². The maximum absolute atomic E-state index is 4.63. The number of rotatable bonds is 7. The minimum absolute atomic E-state index is 0.474. The Balaban J connectivity index is 2.05. The molecule has 106 valence electrons. The average molecular weight is 263 g/mol. The van der Waals surface area contributed by atoms with Crippen LogP contribution in [0.5, 0.6) is 0 Å². The van der Waals surface area contributed by atoms with Crippen molar-refractivity contribution in [2.45, 2.75) is 38.6 Å². The molecule has 1 aromatic heterocycles. The van der Waals surface area contributed by atoms with Gasteiger partial charge in [-0.25, -0.2) is 9.97 Å². The maximum atomic E-state index is 4.63. The number of aromatic nitrogens is 2. The molecule has 1 fully saturated rings. The van der Waals surface area contributed by atoms with Crippen molar-refractivity contribution in [3.8, 4) is 0 Å². The molecule has 5 heteroatoms. The first kappa shape index (κ1) is 14.1. The van der Waals surface area contributed by atoms with Gasteiger partial charge in [-0.15, -0.1) is 0 Å². The number of nitrogens with one attached hydrogen (secondary N) is 2. The van der Waals surface area contributed by atoms with E-state index >= 15 is 0 Å². The zero-order valence-electron chi connectivity index (χ0n) is 12.4. The van der Waals surface area contributed by atoms with Crippen LogP contribution in [0.15, 0.2) is 6.07 Å². The van der Waals surface area contributed by atoms with Gasteiger partial charge in [0.05, 0.1) is 0 Å². The van der Waals surface area contributed by atoms with Gasteiger partial charge in [-0.3, -0.25) is 0 Å². The van der Waals surface area contributed by atoms with E-state index in [1.54, 1.807) is 0 Å². The molecular weight excluding hydrogens is 238 g/mol. The number of anilines is 2. The first-order valence-corrected chi connectivity index (χ1v) is 7.13. The molecule has 5 nitrogen and oxygen atoms in total. The molecule has 2 rings (SSSR count). The van der Waals surface area contributed by atoms with Gasteiger partial charge in [-0.05, 0) is 40.8 Å². The summed E-state index contributed by atoms with van der Waals surface area (Å²) in [5, 5.41) is 6.69. The van der Waals surface area contributed by atoms with Gasteiger partial charge in [-0.2, -0.15) is 0 Å². The summed E-state index contributed by atoms with van der Waals surface area (Å²) in [4.78, 5) is 11.4. The molecule has 0 saturated heterocycles. The largest absolute Gasteiger partial charge is 0.370 e. The summed E-state index contributed by atoms with van der Waals surface area (Å²) in [6, 6.07) is 2.47. The number of hydrogen-bond acceptors (Lipinski definition) is 5. The van der Waals surface area contributed by atoms with Crippen LogP contribution in [0, 0.1) is 0 Å². The summed E-state index contributed by atoms with van der Waals surface area (Å²) >= 11 is 0. The predicted octanol–water partition coefficient (Wildman–Crippen LogP) is 2.15. The second kappa shape index (κ2) is 6.19. The van der Waals surface area contributed by atoms with Gasteiger partial charge in [0.15, 0.2) is 0 Å². The molecule has 0 amide bonds. The fourth-order valence-corrected chi connectivity index (χ4v) is 1.79. The monoisotopic (exact) mass is 263 g/mol. The van der Waals surface area contributed by atoms with Crippen LogP contribution in [0.4, 0.5) is 11.6 Å². The lowest BCUT2D eigenvalue weighted by Crippen LogP contribution is -2.31. The van der Waals surface area contributed by atoms with E-state index < -0.39 is 0 Å². The van der Waals surface area contributed by atoms with E-state index in [4.69, 9.17) is 0 Å². The van der Waals surface area contributed by atoms with Gasteiger partial charge < -0.3 is 15.5 Å². The predicted molar refractivity (Wildman–Crippen MR) is 79.8 cm³/mol. The third-order valence-corrected chi connectivity index (χ3v) is 3.50. The highest BCUT2D eigenvalue weighted by Crippen LogP contribution is 2.38. The van der Waals surface area contributed by atoms with Crippen molar-refractivity contribution in [3.63, 3.8) is 0 Å². The highest BCUT2D eigenvalue weighted by atomic mass is 15.1. The Kier molecular flexibility index (Phi) is 4.58. The van der Waals surface area contributed by atoms with Gasteiger partial charge in [0.25, 0.3) is 0 Å². The van der Waals surface area contributed by atoms with E-state index in [2.05, 4.69) is 53.4 Å². The highest BCUT2D eigenvalue weighted by molar-refractivity contribution is 5.48. The Morgan fingerprint density at radius 1 is 1.26 bits per heavy atom. The molecule has 0 aliphatic heterocycles. The fourth-order valence-electron chi connectivity index (χ4n) is 1.79. The summed E-state index contributed by atoms with van der Waals surface area (Å²) in [5.41, 5.74) is 0. The van der Waals surface area contributed by atoms with E-state index in [-0.39, 0.29) is 0 Å². The third kappa shape index (κ3) is 4.06. The normalized spacial score (nSPS) is 16.5. The molecule has 0 radical (unpaired) electrons. The molecule has 1 aliphatic carbocycles. The summed E-state index contributed by atoms with van der Waals surface area (Å²) in [5.74, 6) is 3.42. The van der Waals surface area contributed by atoms with Crippen molar-refractivity contribution in [2.24, 2.45) is 0 Å². The molecule has 1 aromatic rings. The Morgan fingerprint density at radius 3 is 2.42 bits per heavy atom. The molecule has 1 atom stereocenters. The molecule has 19 heavy (non-hydrogen) atoms. The first-order chi connectivity index (χ1) is 9.10. The summed E-state index contributed by atoms with van der Waals surface area (Å²) in [7, 11) is 4.18. The van der Waals surface area contributed by atoms with Crippen LogP contribution in [0.1, 0.15) is 38.4 Å². The highest BCUT2D eigenvalue weighted by Gasteiger charge is 2.27. The van der Waals surface area contributed by atoms with E-state index in [1.165, 1.54) is 12.8 Å². The topological polar surface area (TPSA) is 53.1 Å². The van der Waals surface area contributed by atoms with Crippen LogP contribution < -0.4 is 10.6 Å². The van der Waals surface area contributed by atoms with Crippen LogP contribution >= 0.6 is 0 Å². The smallest absolute Gasteiger partial charge is 0.136 e. The van der Waals surface area contributed by atoms with E-state index in [9.17, 15) is 0 Å². The number of hydrogen-bond donors (Lipinski definition) is 2. The molecule has 0 aromatic carbocycles. The van der Waals surface area contributed by atoms with Gasteiger partial charge in [0, 0.05) is 31.1 Å². The van der Waals surface area contributed by atoms with Crippen LogP contribution in [0.25, 0.3) is 0 Å². The van der Waals surface area contributed by atoms with Gasteiger partial charge in [0.1, 0.15) is 17.5 Å². The molecule has 0 spiro atoms. The van der Waals surface area contributed by atoms with Gasteiger partial charge in [-0.1, -0.05) is 0 Å². The maximum Gasteiger partial charge on any atom is 0.136 e. The Morgan fingerprint density at radius 2 is 1.89 bits per heavy atom. The zero-order valence-corrected chi connectivity index (χ0v) is 12.4.